The number of nitrogens with one attached hydrogen (secondary N) is 3. The van der Waals surface area contributed by atoms with E-state index in [0.29, 0.717) is 29.3 Å². The van der Waals surface area contributed by atoms with Crippen LogP contribution in [-0.2, 0) is 4.79 Å². The Kier molecular flexibility index (Phi) is 4.95. The third kappa shape index (κ3) is 3.76. The molecule has 0 saturated carbocycles. The van der Waals surface area contributed by atoms with E-state index < -0.39 is 0 Å². The normalized spacial score (nSPS) is 11.2. The Balaban J connectivity index is 1.43. The number of H-pyrrole nitrogens is 2. The minimum atomic E-state index is -0.0745. The van der Waals surface area contributed by atoms with E-state index in [9.17, 15) is 4.79 Å². The lowest BCUT2D eigenvalue weighted by Crippen LogP contribution is -2.09. The average molecular weight is 461 g/mol. The molecular weight excluding hydrogens is 442 g/mol. The molecule has 0 radical (unpaired) electrons. The minimum Gasteiger partial charge on any atom is -0.336 e. The van der Waals surface area contributed by atoms with E-state index in [1.807, 2.05) is 30.3 Å². The van der Waals surface area contributed by atoms with Crippen molar-refractivity contribution in [1.82, 2.24) is 40.1 Å². The van der Waals surface area contributed by atoms with Crippen molar-refractivity contribution in [2.45, 2.75) is 13.3 Å². The molecule has 6 heterocycles. The first-order valence-corrected chi connectivity index (χ1v) is 11.0. The molecule has 0 unspecified atom stereocenters. The van der Waals surface area contributed by atoms with Crippen molar-refractivity contribution in [3.8, 4) is 34.0 Å². The van der Waals surface area contributed by atoms with E-state index in [1.165, 1.54) is 0 Å². The maximum absolute atomic E-state index is 11.8. The van der Waals surface area contributed by atoms with Gasteiger partial charge in [-0.1, -0.05) is 6.92 Å². The summed E-state index contributed by atoms with van der Waals surface area (Å²) < 4.78 is 0. The molecule has 6 rings (SSSR count). The van der Waals surface area contributed by atoms with Gasteiger partial charge in [-0.15, -0.1) is 0 Å². The largest absolute Gasteiger partial charge is 0.336 e. The van der Waals surface area contributed by atoms with Gasteiger partial charge in [-0.2, -0.15) is 5.10 Å². The van der Waals surface area contributed by atoms with Crippen molar-refractivity contribution in [3.05, 3.63) is 67.5 Å². The van der Waals surface area contributed by atoms with Gasteiger partial charge >= 0.3 is 0 Å². The highest BCUT2D eigenvalue weighted by molar-refractivity contribution is 5.97. The number of rotatable bonds is 5. The van der Waals surface area contributed by atoms with Crippen LogP contribution in [0.1, 0.15) is 13.3 Å². The Bertz CT molecular complexity index is 1690. The number of hydrogen-bond acceptors (Lipinski definition) is 7. The molecule has 6 aromatic heterocycles. The molecule has 0 aliphatic rings. The second-order valence-electron chi connectivity index (χ2n) is 7.93. The van der Waals surface area contributed by atoms with Gasteiger partial charge in [0, 0.05) is 47.7 Å². The fraction of sp³-hybridized carbons (Fsp3) is 0.0800. The Morgan fingerprint density at radius 3 is 2.71 bits per heavy atom. The number of amides is 1. The highest BCUT2D eigenvalue weighted by Gasteiger charge is 2.17. The Morgan fingerprint density at radius 2 is 1.86 bits per heavy atom. The van der Waals surface area contributed by atoms with Gasteiger partial charge in [0.15, 0.2) is 5.82 Å². The molecule has 170 valence electrons. The highest BCUT2D eigenvalue weighted by Crippen LogP contribution is 2.31. The molecule has 0 aliphatic heterocycles. The summed E-state index contributed by atoms with van der Waals surface area (Å²) in [7, 11) is 0. The number of hydrogen-bond donors (Lipinski definition) is 3. The zero-order valence-corrected chi connectivity index (χ0v) is 18.6. The van der Waals surface area contributed by atoms with Gasteiger partial charge in [0.2, 0.25) is 5.91 Å². The molecule has 0 atom stereocenters. The fourth-order valence-electron chi connectivity index (χ4n) is 3.91. The molecule has 10 nitrogen and oxygen atoms in total. The van der Waals surface area contributed by atoms with E-state index in [4.69, 9.17) is 4.98 Å². The van der Waals surface area contributed by atoms with E-state index in [1.54, 1.807) is 44.1 Å². The predicted molar refractivity (Wildman–Crippen MR) is 132 cm³/mol. The van der Waals surface area contributed by atoms with Crippen LogP contribution in [0.25, 0.3) is 56.0 Å². The molecule has 0 aliphatic carbocycles. The zero-order valence-electron chi connectivity index (χ0n) is 18.6. The maximum atomic E-state index is 11.8. The molecule has 0 spiro atoms. The number of pyridine rings is 4. The molecule has 35 heavy (non-hydrogen) atoms. The Labute approximate surface area is 198 Å². The van der Waals surface area contributed by atoms with Crippen LogP contribution >= 0.6 is 0 Å². The second kappa shape index (κ2) is 8.41. The van der Waals surface area contributed by atoms with Crippen molar-refractivity contribution in [2.24, 2.45) is 0 Å². The summed E-state index contributed by atoms with van der Waals surface area (Å²) in [6.07, 6.45) is 10.7. The first-order chi connectivity index (χ1) is 17.2. The SMILES string of the molecule is CCC(=O)Nc1cncc(-c2cc3c(-c4nc5c(-c6cccnc6)nccc5[nH]4)n[nH]c3cn2)c1. The third-order valence-electron chi connectivity index (χ3n) is 5.65. The summed E-state index contributed by atoms with van der Waals surface area (Å²) in [5.41, 5.74) is 6.77. The molecule has 0 fully saturated rings. The quantitative estimate of drug-likeness (QED) is 0.346. The van der Waals surface area contributed by atoms with Crippen molar-refractivity contribution >= 4 is 33.5 Å². The van der Waals surface area contributed by atoms with Crippen LogP contribution in [-0.4, -0.2) is 46.0 Å². The van der Waals surface area contributed by atoms with Gasteiger partial charge < -0.3 is 10.3 Å². The Morgan fingerprint density at radius 1 is 0.943 bits per heavy atom. The zero-order chi connectivity index (χ0) is 23.8. The van der Waals surface area contributed by atoms with Gasteiger partial charge in [0.1, 0.15) is 11.2 Å². The summed E-state index contributed by atoms with van der Waals surface area (Å²) in [6.45, 7) is 1.80. The summed E-state index contributed by atoms with van der Waals surface area (Å²) in [6, 6.07) is 9.49. The molecule has 6 aromatic rings. The molecule has 0 aromatic carbocycles. The lowest BCUT2D eigenvalue weighted by Gasteiger charge is -2.06. The molecular formula is C25H19N9O. The van der Waals surface area contributed by atoms with E-state index in [0.717, 1.165) is 38.8 Å². The van der Waals surface area contributed by atoms with Crippen molar-refractivity contribution in [3.63, 3.8) is 0 Å². The highest BCUT2D eigenvalue weighted by atomic mass is 16.1. The smallest absolute Gasteiger partial charge is 0.224 e. The first-order valence-electron chi connectivity index (χ1n) is 11.0. The molecule has 0 saturated heterocycles. The predicted octanol–water partition coefficient (Wildman–Crippen LogP) is 4.37. The fourth-order valence-corrected chi connectivity index (χ4v) is 3.91. The maximum Gasteiger partial charge on any atom is 0.224 e. The molecule has 10 heteroatoms. The number of imidazole rings is 1. The summed E-state index contributed by atoms with van der Waals surface area (Å²) in [4.78, 5) is 37.5. The van der Waals surface area contributed by atoms with Gasteiger partial charge in [-0.25, -0.2) is 4.98 Å². The molecule has 1 amide bonds. The van der Waals surface area contributed by atoms with E-state index in [2.05, 4.69) is 40.4 Å². The van der Waals surface area contributed by atoms with Crippen molar-refractivity contribution in [1.29, 1.82) is 0 Å². The number of fused-ring (bicyclic) bond motifs is 2. The average Bonchev–Trinajstić information content (AvgIpc) is 3.53. The number of carbonyl (C=O) groups excluding carboxylic acids is 1. The number of nitrogens with zero attached hydrogens (tertiary/aromatic N) is 6. The lowest BCUT2D eigenvalue weighted by molar-refractivity contribution is -0.115. The van der Waals surface area contributed by atoms with Crippen LogP contribution in [0.3, 0.4) is 0 Å². The number of carbonyl (C=O) groups is 1. The van der Waals surface area contributed by atoms with Crippen LogP contribution < -0.4 is 5.32 Å². The van der Waals surface area contributed by atoms with Crippen LogP contribution in [0.5, 0.6) is 0 Å². The lowest BCUT2D eigenvalue weighted by atomic mass is 10.1. The molecule has 3 N–H and O–H groups in total. The Hall–Kier alpha value is -4.99. The standard InChI is InChI=1S/C25H19N9O/c1-2-21(35)30-16-8-15(11-27-12-16)19-9-17-20(13-29-19)33-34-23(17)25-31-18-5-7-28-22(24(18)32-25)14-4-3-6-26-10-14/h3-13H,2H2,1H3,(H,30,35)(H,31,32)(H,33,34). The van der Waals surface area contributed by atoms with Gasteiger partial charge in [0.25, 0.3) is 0 Å². The number of anilines is 1. The minimum absolute atomic E-state index is 0.0745. The van der Waals surface area contributed by atoms with Crippen LogP contribution in [0, 0.1) is 0 Å². The molecule has 0 bridgehead atoms. The number of aromatic nitrogens is 8. The van der Waals surface area contributed by atoms with Crippen molar-refractivity contribution < 1.29 is 4.79 Å². The van der Waals surface area contributed by atoms with E-state index in [-0.39, 0.29) is 5.91 Å². The third-order valence-corrected chi connectivity index (χ3v) is 5.65. The van der Waals surface area contributed by atoms with Crippen LogP contribution in [0.2, 0.25) is 0 Å². The first kappa shape index (κ1) is 20.6. The van der Waals surface area contributed by atoms with E-state index >= 15 is 0 Å². The summed E-state index contributed by atoms with van der Waals surface area (Å²) in [5, 5.41) is 11.2. The van der Waals surface area contributed by atoms with Crippen LogP contribution in [0.4, 0.5) is 5.69 Å². The van der Waals surface area contributed by atoms with Gasteiger partial charge in [-0.05, 0) is 30.3 Å². The second-order valence-corrected chi connectivity index (χ2v) is 7.93. The monoisotopic (exact) mass is 461 g/mol. The van der Waals surface area contributed by atoms with Crippen LogP contribution in [0.15, 0.2) is 67.5 Å². The summed E-state index contributed by atoms with van der Waals surface area (Å²) in [5.74, 6) is 0.540. The topological polar surface area (TPSA) is 138 Å². The van der Waals surface area contributed by atoms with Gasteiger partial charge in [-0.3, -0.25) is 29.8 Å². The van der Waals surface area contributed by atoms with Gasteiger partial charge in [0.05, 0.1) is 40.5 Å². The summed E-state index contributed by atoms with van der Waals surface area (Å²) >= 11 is 0. The number of aromatic amines is 2. The van der Waals surface area contributed by atoms with Crippen molar-refractivity contribution in [2.75, 3.05) is 5.32 Å².